The molecule has 0 bridgehead atoms. The number of aryl methyl sites for hydroxylation is 1. The number of amides is 1. The van der Waals surface area contributed by atoms with Crippen molar-refractivity contribution in [2.45, 2.75) is 19.9 Å². The van der Waals surface area contributed by atoms with Gasteiger partial charge in [0.2, 0.25) is 0 Å². The molecule has 1 amide bonds. The van der Waals surface area contributed by atoms with Gasteiger partial charge in [-0.25, -0.2) is 4.79 Å². The van der Waals surface area contributed by atoms with Crippen molar-refractivity contribution < 1.29 is 14.3 Å². The van der Waals surface area contributed by atoms with Crippen molar-refractivity contribution in [3.63, 3.8) is 0 Å². The summed E-state index contributed by atoms with van der Waals surface area (Å²) in [5.74, 6) is -0.838. The summed E-state index contributed by atoms with van der Waals surface area (Å²) in [6, 6.07) is 14.8. The molecular weight excluding hydrogens is 358 g/mol. The van der Waals surface area contributed by atoms with Crippen molar-refractivity contribution in [1.82, 2.24) is 5.32 Å². The maximum atomic E-state index is 11.8. The number of nitrogens with one attached hydrogen (secondary N) is 1. The van der Waals surface area contributed by atoms with Crippen LogP contribution in [0.5, 0.6) is 0 Å². The number of carbonyl (C=O) groups excluding carboxylic acids is 2. The second-order valence-corrected chi connectivity index (χ2v) is 5.95. The third kappa shape index (κ3) is 5.53. The van der Waals surface area contributed by atoms with E-state index in [4.69, 9.17) is 4.74 Å². The Kier molecular flexibility index (Phi) is 6.35. The molecule has 0 aliphatic carbocycles. The van der Waals surface area contributed by atoms with Crippen molar-refractivity contribution in [3.8, 4) is 0 Å². The first-order valence-electron chi connectivity index (χ1n) is 7.35. The Labute approximate surface area is 144 Å². The van der Waals surface area contributed by atoms with Crippen LogP contribution in [-0.4, -0.2) is 18.5 Å². The van der Waals surface area contributed by atoms with Gasteiger partial charge in [0.1, 0.15) is 0 Å². The van der Waals surface area contributed by atoms with Crippen LogP contribution in [0.15, 0.2) is 53.0 Å². The largest absolute Gasteiger partial charge is 0.452 e. The van der Waals surface area contributed by atoms with Gasteiger partial charge < -0.3 is 10.1 Å². The molecule has 0 aliphatic heterocycles. The molecule has 0 heterocycles. The Bertz CT molecular complexity index is 666. The number of hydrogen-bond donors (Lipinski definition) is 1. The van der Waals surface area contributed by atoms with Gasteiger partial charge >= 0.3 is 5.97 Å². The number of hydrogen-bond acceptors (Lipinski definition) is 3. The lowest BCUT2D eigenvalue weighted by Crippen LogP contribution is -2.28. The summed E-state index contributed by atoms with van der Waals surface area (Å²) in [7, 11) is 0. The van der Waals surface area contributed by atoms with Gasteiger partial charge in [0.05, 0.1) is 5.56 Å². The van der Waals surface area contributed by atoms with Crippen molar-refractivity contribution in [2.24, 2.45) is 0 Å². The fraction of sp³-hybridized carbons (Fsp3) is 0.222. The van der Waals surface area contributed by atoms with Gasteiger partial charge in [-0.2, -0.15) is 0 Å². The Morgan fingerprint density at radius 3 is 2.22 bits per heavy atom. The van der Waals surface area contributed by atoms with Crippen molar-refractivity contribution in [1.29, 1.82) is 0 Å². The molecule has 0 saturated heterocycles. The predicted octanol–water partition coefficient (Wildman–Crippen LogP) is 3.48. The minimum atomic E-state index is -0.514. The Hall–Kier alpha value is -2.14. The van der Waals surface area contributed by atoms with E-state index < -0.39 is 5.97 Å². The summed E-state index contributed by atoms with van der Waals surface area (Å²) in [5.41, 5.74) is 2.68. The van der Waals surface area contributed by atoms with Crippen LogP contribution in [-0.2, 0) is 22.5 Å². The van der Waals surface area contributed by atoms with E-state index in [9.17, 15) is 9.59 Å². The lowest BCUT2D eigenvalue weighted by molar-refractivity contribution is -0.124. The van der Waals surface area contributed by atoms with E-state index in [1.54, 1.807) is 24.3 Å². The van der Waals surface area contributed by atoms with E-state index in [0.29, 0.717) is 12.1 Å². The number of benzene rings is 2. The van der Waals surface area contributed by atoms with Gasteiger partial charge in [0, 0.05) is 11.0 Å². The molecular formula is C18H18BrNO3. The molecule has 0 unspecified atom stereocenters. The molecule has 23 heavy (non-hydrogen) atoms. The van der Waals surface area contributed by atoms with E-state index in [0.717, 1.165) is 16.5 Å². The maximum absolute atomic E-state index is 11.8. The van der Waals surface area contributed by atoms with Gasteiger partial charge in [0.25, 0.3) is 5.91 Å². The van der Waals surface area contributed by atoms with Gasteiger partial charge in [-0.3, -0.25) is 4.79 Å². The SMILES string of the molecule is CCc1ccc(CNC(=O)COC(=O)c2ccc(Br)cc2)cc1. The van der Waals surface area contributed by atoms with Crippen LogP contribution < -0.4 is 5.32 Å². The first kappa shape index (κ1) is 17.2. The summed E-state index contributed by atoms with van der Waals surface area (Å²) in [4.78, 5) is 23.5. The Morgan fingerprint density at radius 1 is 1.00 bits per heavy atom. The van der Waals surface area contributed by atoms with Crippen LogP contribution in [0.2, 0.25) is 0 Å². The number of ether oxygens (including phenoxy) is 1. The molecule has 0 radical (unpaired) electrons. The fourth-order valence-corrected chi connectivity index (χ4v) is 2.21. The van der Waals surface area contributed by atoms with Crippen LogP contribution in [0.4, 0.5) is 0 Å². The average Bonchev–Trinajstić information content (AvgIpc) is 2.59. The molecule has 2 rings (SSSR count). The molecule has 5 heteroatoms. The third-order valence-electron chi connectivity index (χ3n) is 3.34. The van der Waals surface area contributed by atoms with E-state index >= 15 is 0 Å². The maximum Gasteiger partial charge on any atom is 0.338 e. The van der Waals surface area contributed by atoms with Gasteiger partial charge in [-0.15, -0.1) is 0 Å². The summed E-state index contributed by atoms with van der Waals surface area (Å²) in [6.45, 7) is 2.22. The molecule has 0 atom stereocenters. The Balaban J connectivity index is 1.76. The zero-order valence-corrected chi connectivity index (χ0v) is 14.4. The molecule has 0 aromatic heterocycles. The summed E-state index contributed by atoms with van der Waals surface area (Å²) in [5, 5.41) is 2.73. The van der Waals surface area contributed by atoms with E-state index in [1.165, 1.54) is 5.56 Å². The molecule has 0 saturated carbocycles. The second kappa shape index (κ2) is 8.48. The quantitative estimate of drug-likeness (QED) is 0.786. The van der Waals surface area contributed by atoms with Crippen LogP contribution in [0.3, 0.4) is 0 Å². The van der Waals surface area contributed by atoms with Crippen molar-refractivity contribution in [2.75, 3.05) is 6.61 Å². The summed E-state index contributed by atoms with van der Waals surface area (Å²) in [6.07, 6.45) is 0.985. The normalized spacial score (nSPS) is 10.2. The minimum Gasteiger partial charge on any atom is -0.452 e. The zero-order chi connectivity index (χ0) is 16.7. The Morgan fingerprint density at radius 2 is 1.61 bits per heavy atom. The van der Waals surface area contributed by atoms with Gasteiger partial charge in [0.15, 0.2) is 6.61 Å². The second-order valence-electron chi connectivity index (χ2n) is 5.03. The highest BCUT2D eigenvalue weighted by atomic mass is 79.9. The van der Waals surface area contributed by atoms with Crippen molar-refractivity contribution >= 4 is 27.8 Å². The predicted molar refractivity (Wildman–Crippen MR) is 92.1 cm³/mol. The van der Waals surface area contributed by atoms with Crippen molar-refractivity contribution in [3.05, 3.63) is 69.7 Å². The number of halogens is 1. The minimum absolute atomic E-state index is 0.290. The van der Waals surface area contributed by atoms with Crippen LogP contribution >= 0.6 is 15.9 Å². The lowest BCUT2D eigenvalue weighted by atomic mass is 10.1. The first-order chi connectivity index (χ1) is 11.1. The topological polar surface area (TPSA) is 55.4 Å². The highest BCUT2D eigenvalue weighted by molar-refractivity contribution is 9.10. The first-order valence-corrected chi connectivity index (χ1v) is 8.15. The summed E-state index contributed by atoms with van der Waals surface area (Å²) < 4.78 is 5.86. The van der Waals surface area contributed by atoms with E-state index in [-0.39, 0.29) is 12.5 Å². The highest BCUT2D eigenvalue weighted by Gasteiger charge is 2.09. The molecule has 2 aromatic carbocycles. The van der Waals surface area contributed by atoms with Gasteiger partial charge in [-0.05, 0) is 41.8 Å². The smallest absolute Gasteiger partial charge is 0.338 e. The van der Waals surface area contributed by atoms with E-state index in [1.807, 2.05) is 24.3 Å². The molecule has 1 N–H and O–H groups in total. The zero-order valence-electron chi connectivity index (χ0n) is 12.8. The van der Waals surface area contributed by atoms with Crippen LogP contribution in [0.25, 0.3) is 0 Å². The number of esters is 1. The molecule has 0 spiro atoms. The number of carbonyl (C=O) groups is 2. The molecule has 0 fully saturated rings. The third-order valence-corrected chi connectivity index (χ3v) is 3.86. The highest BCUT2D eigenvalue weighted by Crippen LogP contribution is 2.11. The van der Waals surface area contributed by atoms with Crippen LogP contribution in [0, 0.1) is 0 Å². The fourth-order valence-electron chi connectivity index (χ4n) is 1.94. The molecule has 2 aromatic rings. The van der Waals surface area contributed by atoms with Gasteiger partial charge in [-0.1, -0.05) is 47.1 Å². The number of rotatable bonds is 6. The molecule has 4 nitrogen and oxygen atoms in total. The van der Waals surface area contributed by atoms with Crippen LogP contribution in [0.1, 0.15) is 28.4 Å². The molecule has 120 valence electrons. The lowest BCUT2D eigenvalue weighted by Gasteiger charge is -2.07. The standard InChI is InChI=1S/C18H18BrNO3/c1-2-13-3-5-14(6-4-13)11-20-17(21)12-23-18(22)15-7-9-16(19)10-8-15/h3-10H,2,11-12H2,1H3,(H,20,21). The monoisotopic (exact) mass is 375 g/mol. The average molecular weight is 376 g/mol. The van der Waals surface area contributed by atoms with E-state index in [2.05, 4.69) is 28.2 Å². The summed E-state index contributed by atoms with van der Waals surface area (Å²) >= 11 is 3.29. The molecule has 0 aliphatic rings.